The highest BCUT2D eigenvalue weighted by Gasteiger charge is 2.17. The summed E-state index contributed by atoms with van der Waals surface area (Å²) in [6.45, 7) is 3.77. The van der Waals surface area contributed by atoms with Crippen molar-refractivity contribution in [1.82, 2.24) is 0 Å². The molecule has 0 fully saturated rings. The van der Waals surface area contributed by atoms with Crippen molar-refractivity contribution in [2.45, 2.75) is 19.9 Å². The van der Waals surface area contributed by atoms with Gasteiger partial charge >= 0.3 is 0 Å². The molecule has 0 spiro atoms. The van der Waals surface area contributed by atoms with Gasteiger partial charge in [0.1, 0.15) is 0 Å². The van der Waals surface area contributed by atoms with Crippen LogP contribution < -0.4 is 11.1 Å². The molecule has 5 heteroatoms. The summed E-state index contributed by atoms with van der Waals surface area (Å²) in [6, 6.07) is 4.30. The van der Waals surface area contributed by atoms with Crippen LogP contribution in [0.3, 0.4) is 0 Å². The largest absolute Gasteiger partial charge is 0.325 e. The zero-order valence-corrected chi connectivity index (χ0v) is 10.6. The average Bonchev–Trinajstić information content (AvgIpc) is 2.14. The van der Waals surface area contributed by atoms with Crippen LogP contribution in [-0.4, -0.2) is 11.9 Å². The van der Waals surface area contributed by atoms with E-state index in [1.165, 1.54) is 0 Å². The molecule has 0 aliphatic heterocycles. The van der Waals surface area contributed by atoms with Crippen LogP contribution in [0.5, 0.6) is 0 Å². The summed E-state index contributed by atoms with van der Waals surface area (Å²) >= 11 is 11.6. The van der Waals surface area contributed by atoms with Crippen LogP contribution in [0.25, 0.3) is 0 Å². The first-order valence-corrected chi connectivity index (χ1v) is 5.68. The van der Waals surface area contributed by atoms with E-state index in [2.05, 4.69) is 5.32 Å². The molecule has 0 radical (unpaired) electrons. The fraction of sp³-hybridized carbons (Fsp3) is 0.364. The molecule has 1 atom stereocenters. The summed E-state index contributed by atoms with van der Waals surface area (Å²) in [5.41, 5.74) is 6.26. The highest BCUT2D eigenvalue weighted by atomic mass is 35.5. The molecular formula is C11H14Cl2N2O. The Labute approximate surface area is 105 Å². The Morgan fingerprint density at radius 1 is 1.25 bits per heavy atom. The highest BCUT2D eigenvalue weighted by Crippen LogP contribution is 2.22. The lowest BCUT2D eigenvalue weighted by molar-refractivity contribution is -0.118. The third kappa shape index (κ3) is 3.67. The summed E-state index contributed by atoms with van der Waals surface area (Å²) in [4.78, 5) is 11.7. The second-order valence-electron chi connectivity index (χ2n) is 3.92. The number of nitrogens with one attached hydrogen (secondary N) is 1. The maximum atomic E-state index is 11.7. The van der Waals surface area contributed by atoms with Crippen LogP contribution >= 0.6 is 23.2 Å². The first-order valence-electron chi connectivity index (χ1n) is 4.92. The van der Waals surface area contributed by atoms with Gasteiger partial charge in [0.05, 0.1) is 6.04 Å². The number of anilines is 1. The molecule has 3 N–H and O–H groups in total. The third-order valence-corrected chi connectivity index (χ3v) is 2.59. The minimum absolute atomic E-state index is 0.0784. The molecule has 88 valence electrons. The molecule has 1 aromatic rings. The molecule has 0 saturated heterocycles. The predicted molar refractivity (Wildman–Crippen MR) is 67.9 cm³/mol. The Balaban J connectivity index is 2.77. The molecule has 0 bridgehead atoms. The maximum absolute atomic E-state index is 11.7. The predicted octanol–water partition coefficient (Wildman–Crippen LogP) is 2.92. The minimum atomic E-state index is -0.544. The summed E-state index contributed by atoms with van der Waals surface area (Å²) in [5, 5.41) is 3.62. The number of amides is 1. The van der Waals surface area contributed by atoms with E-state index in [1.54, 1.807) is 18.2 Å². The van der Waals surface area contributed by atoms with Gasteiger partial charge in [0, 0.05) is 15.7 Å². The molecule has 0 heterocycles. The van der Waals surface area contributed by atoms with E-state index >= 15 is 0 Å². The van der Waals surface area contributed by atoms with E-state index in [1.807, 2.05) is 13.8 Å². The molecule has 1 aromatic carbocycles. The highest BCUT2D eigenvalue weighted by molar-refractivity contribution is 6.35. The number of hydrogen-bond donors (Lipinski definition) is 2. The molecule has 0 saturated carbocycles. The number of carbonyl (C=O) groups is 1. The lowest BCUT2D eigenvalue weighted by Gasteiger charge is -2.15. The number of carbonyl (C=O) groups excluding carboxylic acids is 1. The van der Waals surface area contributed by atoms with Crippen molar-refractivity contribution in [3.8, 4) is 0 Å². The van der Waals surface area contributed by atoms with E-state index in [9.17, 15) is 4.79 Å². The fourth-order valence-corrected chi connectivity index (χ4v) is 1.68. The van der Waals surface area contributed by atoms with Gasteiger partial charge in [-0.15, -0.1) is 0 Å². The third-order valence-electron chi connectivity index (χ3n) is 2.15. The van der Waals surface area contributed by atoms with Gasteiger partial charge in [-0.25, -0.2) is 0 Å². The smallest absolute Gasteiger partial charge is 0.241 e. The zero-order valence-electron chi connectivity index (χ0n) is 9.13. The molecule has 0 aliphatic rings. The molecule has 0 aromatic heterocycles. The van der Waals surface area contributed by atoms with Crippen LogP contribution in [0.2, 0.25) is 10.0 Å². The van der Waals surface area contributed by atoms with Crippen LogP contribution in [-0.2, 0) is 4.79 Å². The lowest BCUT2D eigenvalue weighted by Crippen LogP contribution is -2.39. The lowest BCUT2D eigenvalue weighted by atomic mass is 10.1. The van der Waals surface area contributed by atoms with E-state index in [0.717, 1.165) is 0 Å². The zero-order chi connectivity index (χ0) is 12.3. The van der Waals surface area contributed by atoms with Crippen molar-refractivity contribution in [3.63, 3.8) is 0 Å². The topological polar surface area (TPSA) is 55.1 Å². The standard InChI is InChI=1S/C11H14Cl2N2O/c1-6(2)10(14)11(16)15-9-4-7(12)3-8(13)5-9/h3-6,10H,14H2,1-2H3,(H,15,16)/t10-/m1/s1. The van der Waals surface area contributed by atoms with Gasteiger partial charge in [-0.3, -0.25) is 4.79 Å². The molecule has 1 amide bonds. The van der Waals surface area contributed by atoms with Gasteiger partial charge < -0.3 is 11.1 Å². The first-order chi connectivity index (χ1) is 7.40. The molecule has 0 aliphatic carbocycles. The van der Waals surface area contributed by atoms with Gasteiger partial charge in [0.25, 0.3) is 0 Å². The van der Waals surface area contributed by atoms with Crippen molar-refractivity contribution in [1.29, 1.82) is 0 Å². The van der Waals surface area contributed by atoms with Crippen molar-refractivity contribution in [2.24, 2.45) is 11.7 Å². The molecule has 16 heavy (non-hydrogen) atoms. The Bertz CT molecular complexity index is 373. The Morgan fingerprint density at radius 3 is 2.19 bits per heavy atom. The van der Waals surface area contributed by atoms with Crippen molar-refractivity contribution < 1.29 is 4.79 Å². The van der Waals surface area contributed by atoms with Crippen molar-refractivity contribution >= 4 is 34.8 Å². The average molecular weight is 261 g/mol. The summed E-state index contributed by atoms with van der Waals surface area (Å²) in [5.74, 6) is -0.164. The van der Waals surface area contributed by atoms with Gasteiger partial charge in [-0.2, -0.15) is 0 Å². The second kappa shape index (κ2) is 5.53. The van der Waals surface area contributed by atoms with Gasteiger partial charge in [-0.05, 0) is 24.1 Å². The SMILES string of the molecule is CC(C)[C@@H](N)C(=O)Nc1cc(Cl)cc(Cl)c1. The molecule has 3 nitrogen and oxygen atoms in total. The summed E-state index contributed by atoms with van der Waals surface area (Å²) in [6.07, 6.45) is 0. The summed E-state index contributed by atoms with van der Waals surface area (Å²) < 4.78 is 0. The van der Waals surface area contributed by atoms with Gasteiger partial charge in [0.15, 0.2) is 0 Å². The van der Waals surface area contributed by atoms with Crippen LogP contribution in [0.15, 0.2) is 18.2 Å². The van der Waals surface area contributed by atoms with E-state index in [-0.39, 0.29) is 11.8 Å². The number of benzene rings is 1. The number of nitrogens with two attached hydrogens (primary N) is 1. The number of hydrogen-bond acceptors (Lipinski definition) is 2. The van der Waals surface area contributed by atoms with Crippen LogP contribution in [0, 0.1) is 5.92 Å². The van der Waals surface area contributed by atoms with Crippen LogP contribution in [0.4, 0.5) is 5.69 Å². The van der Waals surface area contributed by atoms with Gasteiger partial charge in [0.2, 0.25) is 5.91 Å². The monoisotopic (exact) mass is 260 g/mol. The molecule has 0 unspecified atom stereocenters. The molecule has 1 rings (SSSR count). The Kier molecular flexibility index (Phi) is 4.59. The normalized spacial score (nSPS) is 12.6. The number of halogens is 2. The Hall–Kier alpha value is -0.770. The van der Waals surface area contributed by atoms with Crippen molar-refractivity contribution in [3.05, 3.63) is 28.2 Å². The quantitative estimate of drug-likeness (QED) is 0.878. The second-order valence-corrected chi connectivity index (χ2v) is 4.79. The first kappa shape index (κ1) is 13.3. The molecular weight excluding hydrogens is 247 g/mol. The fourth-order valence-electron chi connectivity index (χ4n) is 1.15. The maximum Gasteiger partial charge on any atom is 0.241 e. The van der Waals surface area contributed by atoms with E-state index in [0.29, 0.717) is 15.7 Å². The van der Waals surface area contributed by atoms with Gasteiger partial charge in [-0.1, -0.05) is 37.0 Å². The van der Waals surface area contributed by atoms with E-state index in [4.69, 9.17) is 28.9 Å². The number of rotatable bonds is 3. The van der Waals surface area contributed by atoms with Crippen LogP contribution in [0.1, 0.15) is 13.8 Å². The minimum Gasteiger partial charge on any atom is -0.325 e. The van der Waals surface area contributed by atoms with E-state index < -0.39 is 6.04 Å². The summed E-state index contributed by atoms with van der Waals surface area (Å²) in [7, 11) is 0. The Morgan fingerprint density at radius 2 is 1.75 bits per heavy atom. The van der Waals surface area contributed by atoms with Crippen molar-refractivity contribution in [2.75, 3.05) is 5.32 Å².